The average Bonchev–Trinajstić information content (AvgIpc) is 2.88. The predicted octanol–water partition coefficient (Wildman–Crippen LogP) is 3.57. The van der Waals surface area contributed by atoms with E-state index in [1.165, 1.54) is 36.2 Å². The van der Waals surface area contributed by atoms with Gasteiger partial charge in [-0.2, -0.15) is 0 Å². The van der Waals surface area contributed by atoms with Crippen LogP contribution in [-0.4, -0.2) is 38.7 Å². The zero-order valence-corrected chi connectivity index (χ0v) is 21.1. The van der Waals surface area contributed by atoms with Crippen LogP contribution in [0.4, 0.5) is 4.39 Å². The fraction of sp³-hybridized carbons (Fsp3) is 0.259. The van der Waals surface area contributed by atoms with Crippen molar-refractivity contribution in [1.82, 2.24) is 14.9 Å². The molecule has 0 aliphatic rings. The van der Waals surface area contributed by atoms with Crippen LogP contribution in [0.3, 0.4) is 0 Å². The summed E-state index contributed by atoms with van der Waals surface area (Å²) in [6.45, 7) is 2.11. The molecule has 0 unspecified atom stereocenters. The zero-order valence-electron chi connectivity index (χ0n) is 20.3. The van der Waals surface area contributed by atoms with Crippen LogP contribution in [0.1, 0.15) is 36.1 Å². The van der Waals surface area contributed by atoms with Gasteiger partial charge in [0, 0.05) is 26.6 Å². The summed E-state index contributed by atoms with van der Waals surface area (Å²) >= 11 is 0. The first kappa shape index (κ1) is 27.0. The number of hydrogen-bond donors (Lipinski definition) is 2. The molecular formula is C27H30FN3O4S. The van der Waals surface area contributed by atoms with Crippen LogP contribution < -0.4 is 10.0 Å². The molecule has 0 saturated heterocycles. The second kappa shape index (κ2) is 12.4. The fourth-order valence-electron chi connectivity index (χ4n) is 3.86. The average molecular weight is 512 g/mol. The molecule has 0 saturated carbocycles. The van der Waals surface area contributed by atoms with Crippen molar-refractivity contribution in [3.63, 3.8) is 0 Å². The van der Waals surface area contributed by atoms with Gasteiger partial charge in [-0.15, -0.1) is 0 Å². The number of carbonyl (C=O) groups is 2. The van der Waals surface area contributed by atoms with Crippen LogP contribution in [-0.2, 0) is 32.6 Å². The maximum absolute atomic E-state index is 13.5. The molecule has 0 aliphatic heterocycles. The summed E-state index contributed by atoms with van der Waals surface area (Å²) in [5, 5.41) is 2.64. The number of nitrogens with one attached hydrogen (secondary N) is 2. The Bertz CT molecular complexity index is 1260. The SMILES string of the molecule is CCNS(=O)(=O)c1ccc(CCC(=O)N(Cc2ccc(F)cc2)[C@H](C(=O)NC)c2ccccc2)cc1. The highest BCUT2D eigenvalue weighted by molar-refractivity contribution is 7.89. The van der Waals surface area contributed by atoms with Crippen LogP contribution in [0.15, 0.2) is 83.8 Å². The number of rotatable bonds is 11. The third-order valence-electron chi connectivity index (χ3n) is 5.70. The van der Waals surface area contributed by atoms with Crippen molar-refractivity contribution in [2.24, 2.45) is 0 Å². The summed E-state index contributed by atoms with van der Waals surface area (Å²) in [6.07, 6.45) is 0.455. The van der Waals surface area contributed by atoms with Gasteiger partial charge in [0.25, 0.3) is 0 Å². The van der Waals surface area contributed by atoms with E-state index in [1.807, 2.05) is 6.07 Å². The first-order valence-corrected chi connectivity index (χ1v) is 13.1. The minimum absolute atomic E-state index is 0.0980. The lowest BCUT2D eigenvalue weighted by atomic mass is 10.0. The Morgan fingerprint density at radius 1 is 0.917 bits per heavy atom. The molecule has 2 N–H and O–H groups in total. The Morgan fingerprint density at radius 2 is 1.53 bits per heavy atom. The molecule has 0 heterocycles. The molecule has 1 atom stereocenters. The van der Waals surface area contributed by atoms with Gasteiger partial charge in [-0.05, 0) is 47.4 Å². The summed E-state index contributed by atoms with van der Waals surface area (Å²) < 4.78 is 40.2. The van der Waals surface area contributed by atoms with Crippen LogP contribution >= 0.6 is 0 Å². The Hall–Kier alpha value is -3.56. The number of likely N-dealkylation sites (N-methyl/N-ethyl adjacent to an activating group) is 1. The van der Waals surface area contributed by atoms with Gasteiger partial charge in [0.15, 0.2) is 0 Å². The number of sulfonamides is 1. The van der Waals surface area contributed by atoms with Gasteiger partial charge >= 0.3 is 0 Å². The number of hydrogen-bond acceptors (Lipinski definition) is 4. The van der Waals surface area contributed by atoms with E-state index in [1.54, 1.807) is 55.5 Å². The first-order chi connectivity index (χ1) is 17.2. The summed E-state index contributed by atoms with van der Waals surface area (Å²) in [5.41, 5.74) is 2.13. The maximum atomic E-state index is 13.5. The minimum atomic E-state index is -3.56. The lowest BCUT2D eigenvalue weighted by Crippen LogP contribution is -2.42. The topological polar surface area (TPSA) is 95.6 Å². The van der Waals surface area contributed by atoms with Crippen LogP contribution in [0.5, 0.6) is 0 Å². The lowest BCUT2D eigenvalue weighted by molar-refractivity contribution is -0.141. The highest BCUT2D eigenvalue weighted by atomic mass is 32.2. The minimum Gasteiger partial charge on any atom is -0.357 e. The van der Waals surface area contributed by atoms with Crippen molar-refractivity contribution in [3.05, 3.63) is 101 Å². The molecule has 7 nitrogen and oxygen atoms in total. The third-order valence-corrected chi connectivity index (χ3v) is 7.27. The monoisotopic (exact) mass is 511 g/mol. The standard InChI is InChI=1S/C27H30FN3O4S/c1-3-30-36(34,35)24-16-11-20(12-17-24)13-18-25(32)31(19-21-9-14-23(28)15-10-21)26(27(33)29-2)22-7-5-4-6-8-22/h4-12,14-17,26,30H,3,13,18-19H2,1-2H3,(H,29,33)/t26-/m0/s1. The number of carbonyl (C=O) groups excluding carboxylic acids is 2. The van der Waals surface area contributed by atoms with Gasteiger partial charge in [-0.1, -0.05) is 61.5 Å². The Balaban J connectivity index is 1.85. The largest absolute Gasteiger partial charge is 0.357 e. The number of halogens is 1. The molecule has 0 radical (unpaired) electrons. The Labute approximate surface area is 211 Å². The van der Waals surface area contributed by atoms with E-state index in [0.29, 0.717) is 17.5 Å². The summed E-state index contributed by atoms with van der Waals surface area (Å²) in [7, 11) is -2.04. The zero-order chi connectivity index (χ0) is 26.1. The van der Waals surface area contributed by atoms with E-state index in [4.69, 9.17) is 0 Å². The molecule has 190 valence electrons. The molecule has 0 aliphatic carbocycles. The van der Waals surface area contributed by atoms with Crippen molar-refractivity contribution in [3.8, 4) is 0 Å². The van der Waals surface area contributed by atoms with Crippen molar-refractivity contribution in [2.45, 2.75) is 37.2 Å². The van der Waals surface area contributed by atoms with E-state index in [0.717, 1.165) is 5.56 Å². The van der Waals surface area contributed by atoms with Crippen LogP contribution in [0.2, 0.25) is 0 Å². The van der Waals surface area contributed by atoms with Crippen LogP contribution in [0.25, 0.3) is 0 Å². The summed E-state index contributed by atoms with van der Waals surface area (Å²) in [6, 6.07) is 20.3. The molecule has 36 heavy (non-hydrogen) atoms. The quantitative estimate of drug-likeness (QED) is 0.411. The van der Waals surface area contributed by atoms with Crippen molar-refractivity contribution >= 4 is 21.8 Å². The fourth-order valence-corrected chi connectivity index (χ4v) is 4.90. The molecule has 9 heteroatoms. The molecule has 3 aromatic carbocycles. The van der Waals surface area contributed by atoms with Gasteiger partial charge in [0.1, 0.15) is 11.9 Å². The van der Waals surface area contributed by atoms with Crippen molar-refractivity contribution in [1.29, 1.82) is 0 Å². The van der Waals surface area contributed by atoms with Crippen molar-refractivity contribution in [2.75, 3.05) is 13.6 Å². The lowest BCUT2D eigenvalue weighted by Gasteiger charge is -2.31. The van der Waals surface area contributed by atoms with Gasteiger partial charge in [-0.3, -0.25) is 9.59 Å². The number of amides is 2. The van der Waals surface area contributed by atoms with Crippen molar-refractivity contribution < 1.29 is 22.4 Å². The molecule has 3 rings (SSSR count). The number of benzene rings is 3. The molecule has 0 aromatic heterocycles. The molecule has 0 spiro atoms. The third kappa shape index (κ3) is 6.99. The second-order valence-electron chi connectivity index (χ2n) is 8.22. The Morgan fingerprint density at radius 3 is 2.11 bits per heavy atom. The number of nitrogens with zero attached hydrogens (tertiary/aromatic N) is 1. The van der Waals surface area contributed by atoms with E-state index in [2.05, 4.69) is 10.0 Å². The molecular weight excluding hydrogens is 481 g/mol. The van der Waals surface area contributed by atoms with Gasteiger partial charge < -0.3 is 10.2 Å². The van der Waals surface area contributed by atoms with E-state index < -0.39 is 16.1 Å². The van der Waals surface area contributed by atoms with Gasteiger partial charge in [0.2, 0.25) is 21.8 Å². The highest BCUT2D eigenvalue weighted by Gasteiger charge is 2.30. The van der Waals surface area contributed by atoms with Gasteiger partial charge in [-0.25, -0.2) is 17.5 Å². The summed E-state index contributed by atoms with van der Waals surface area (Å²) in [5.74, 6) is -0.988. The van der Waals surface area contributed by atoms with E-state index >= 15 is 0 Å². The molecule has 3 aromatic rings. The second-order valence-corrected chi connectivity index (χ2v) is 9.99. The van der Waals surface area contributed by atoms with E-state index in [9.17, 15) is 22.4 Å². The first-order valence-electron chi connectivity index (χ1n) is 11.6. The molecule has 0 fully saturated rings. The molecule has 0 bridgehead atoms. The predicted molar refractivity (Wildman–Crippen MR) is 136 cm³/mol. The van der Waals surface area contributed by atoms with Crippen LogP contribution in [0, 0.1) is 5.82 Å². The molecule has 2 amide bonds. The van der Waals surface area contributed by atoms with Gasteiger partial charge in [0.05, 0.1) is 4.90 Å². The summed E-state index contributed by atoms with van der Waals surface area (Å²) in [4.78, 5) is 28.1. The Kier molecular flexibility index (Phi) is 9.32. The normalized spacial score (nSPS) is 12.1. The number of aryl methyl sites for hydroxylation is 1. The smallest absolute Gasteiger partial charge is 0.247 e. The van der Waals surface area contributed by atoms with E-state index in [-0.39, 0.29) is 42.0 Å². The maximum Gasteiger partial charge on any atom is 0.247 e. The highest BCUT2D eigenvalue weighted by Crippen LogP contribution is 2.25.